The van der Waals surface area contributed by atoms with Crippen LogP contribution < -0.4 is 4.90 Å². The topological polar surface area (TPSA) is 65.1 Å². The van der Waals surface area contributed by atoms with Gasteiger partial charge in [-0.05, 0) is 43.5 Å². The van der Waals surface area contributed by atoms with Crippen LogP contribution in [0.3, 0.4) is 0 Å². The molecule has 2 aliphatic rings. The molecule has 0 N–H and O–H groups in total. The molecular formula is C16H19NO5. The molecule has 0 aromatic heterocycles. The highest BCUT2D eigenvalue weighted by Gasteiger charge is 2.31. The third kappa shape index (κ3) is 2.92. The summed E-state index contributed by atoms with van der Waals surface area (Å²) >= 11 is 0. The highest BCUT2D eigenvalue weighted by atomic mass is 16.6. The van der Waals surface area contributed by atoms with Gasteiger partial charge >= 0.3 is 12.1 Å². The molecule has 6 heteroatoms. The van der Waals surface area contributed by atoms with Crippen LogP contribution in [-0.2, 0) is 14.2 Å². The molecule has 3 rings (SSSR count). The SMILES string of the molecule is CO[C@H]1CCC[C@H]1OC(=O)c1ccc(N2CCOC2=O)cc1. The fourth-order valence-electron chi connectivity index (χ4n) is 2.91. The van der Waals surface area contributed by atoms with Gasteiger partial charge in [0.25, 0.3) is 0 Å². The van der Waals surface area contributed by atoms with Gasteiger partial charge in [-0.2, -0.15) is 0 Å². The van der Waals surface area contributed by atoms with Crippen molar-refractivity contribution >= 4 is 17.7 Å². The zero-order chi connectivity index (χ0) is 15.5. The van der Waals surface area contributed by atoms with Gasteiger partial charge in [-0.3, -0.25) is 4.90 Å². The number of hydrogen-bond acceptors (Lipinski definition) is 5. The molecule has 1 aliphatic carbocycles. The van der Waals surface area contributed by atoms with E-state index >= 15 is 0 Å². The van der Waals surface area contributed by atoms with Crippen LogP contribution in [0.4, 0.5) is 10.5 Å². The van der Waals surface area contributed by atoms with Crippen molar-refractivity contribution in [1.82, 2.24) is 0 Å². The van der Waals surface area contributed by atoms with E-state index in [1.54, 1.807) is 31.4 Å². The van der Waals surface area contributed by atoms with Crippen LogP contribution in [0, 0.1) is 0 Å². The quantitative estimate of drug-likeness (QED) is 0.799. The van der Waals surface area contributed by atoms with Gasteiger partial charge in [-0.15, -0.1) is 0 Å². The van der Waals surface area contributed by atoms with Crippen LogP contribution in [0.1, 0.15) is 29.6 Å². The maximum atomic E-state index is 12.2. The van der Waals surface area contributed by atoms with E-state index in [4.69, 9.17) is 14.2 Å². The second-order valence-electron chi connectivity index (χ2n) is 5.46. The second-order valence-corrected chi connectivity index (χ2v) is 5.46. The van der Waals surface area contributed by atoms with Crippen LogP contribution >= 0.6 is 0 Å². The van der Waals surface area contributed by atoms with Gasteiger partial charge in [0.1, 0.15) is 12.7 Å². The maximum absolute atomic E-state index is 12.2. The molecule has 0 spiro atoms. The van der Waals surface area contributed by atoms with Crippen LogP contribution in [0.25, 0.3) is 0 Å². The monoisotopic (exact) mass is 305 g/mol. The molecule has 0 unspecified atom stereocenters. The minimum Gasteiger partial charge on any atom is -0.456 e. The molecule has 1 saturated carbocycles. The van der Waals surface area contributed by atoms with E-state index in [2.05, 4.69) is 0 Å². The Hall–Kier alpha value is -2.08. The molecule has 2 fully saturated rings. The fraction of sp³-hybridized carbons (Fsp3) is 0.500. The number of carbonyl (C=O) groups excluding carboxylic acids is 2. The zero-order valence-electron chi connectivity index (χ0n) is 12.5. The van der Waals surface area contributed by atoms with Crippen molar-refractivity contribution in [2.75, 3.05) is 25.2 Å². The number of nitrogens with zero attached hydrogens (tertiary/aromatic N) is 1. The number of methoxy groups -OCH3 is 1. The molecule has 0 bridgehead atoms. The van der Waals surface area contributed by atoms with Gasteiger partial charge in [0.05, 0.1) is 18.2 Å². The number of ether oxygens (including phenoxy) is 3. The lowest BCUT2D eigenvalue weighted by Crippen LogP contribution is -2.27. The third-order valence-corrected chi connectivity index (χ3v) is 4.13. The minimum absolute atomic E-state index is 0.0115. The van der Waals surface area contributed by atoms with Gasteiger partial charge in [-0.25, -0.2) is 9.59 Å². The zero-order valence-corrected chi connectivity index (χ0v) is 12.5. The summed E-state index contributed by atoms with van der Waals surface area (Å²) < 4.78 is 15.7. The summed E-state index contributed by atoms with van der Waals surface area (Å²) in [5.74, 6) is -0.357. The van der Waals surface area contributed by atoms with E-state index in [9.17, 15) is 9.59 Å². The molecule has 1 aromatic rings. The van der Waals surface area contributed by atoms with Gasteiger partial charge in [0.15, 0.2) is 0 Å². The Morgan fingerprint density at radius 3 is 2.59 bits per heavy atom. The molecule has 1 amide bonds. The lowest BCUT2D eigenvalue weighted by atomic mass is 10.2. The van der Waals surface area contributed by atoms with Gasteiger partial charge in [0, 0.05) is 12.8 Å². The van der Waals surface area contributed by atoms with Crippen LogP contribution in [0.15, 0.2) is 24.3 Å². The second kappa shape index (κ2) is 6.36. The summed E-state index contributed by atoms with van der Waals surface area (Å²) in [7, 11) is 1.64. The standard InChI is InChI=1S/C16H19NO5/c1-20-13-3-2-4-14(13)22-15(18)11-5-7-12(8-6-11)17-9-10-21-16(17)19/h5-8,13-14H,2-4,9-10H2,1H3/t13-,14+/m0/s1. The number of rotatable bonds is 4. The molecule has 1 aromatic carbocycles. The Kier molecular flexibility index (Phi) is 4.29. The molecule has 1 aliphatic heterocycles. The van der Waals surface area contributed by atoms with E-state index in [0.717, 1.165) is 24.9 Å². The predicted molar refractivity (Wildman–Crippen MR) is 79.0 cm³/mol. The van der Waals surface area contributed by atoms with Crippen molar-refractivity contribution in [3.8, 4) is 0 Å². The summed E-state index contributed by atoms with van der Waals surface area (Å²) in [6.45, 7) is 0.920. The summed E-state index contributed by atoms with van der Waals surface area (Å²) in [6, 6.07) is 6.79. The first kappa shape index (κ1) is 14.8. The Balaban J connectivity index is 1.65. The predicted octanol–water partition coefficient (Wildman–Crippen LogP) is 2.37. The van der Waals surface area contributed by atoms with Crippen molar-refractivity contribution in [3.63, 3.8) is 0 Å². The molecular weight excluding hydrogens is 286 g/mol. The number of benzene rings is 1. The van der Waals surface area contributed by atoms with E-state index in [0.29, 0.717) is 18.7 Å². The number of hydrogen-bond donors (Lipinski definition) is 0. The lowest BCUT2D eigenvalue weighted by molar-refractivity contribution is -0.0206. The Labute approximate surface area is 128 Å². The average molecular weight is 305 g/mol. The first-order valence-corrected chi connectivity index (χ1v) is 7.47. The summed E-state index contributed by atoms with van der Waals surface area (Å²) in [5, 5.41) is 0. The van der Waals surface area contributed by atoms with Crippen LogP contribution in [0.2, 0.25) is 0 Å². The van der Waals surface area contributed by atoms with Crippen molar-refractivity contribution in [1.29, 1.82) is 0 Å². The number of esters is 1. The van der Waals surface area contributed by atoms with Crippen LogP contribution in [0.5, 0.6) is 0 Å². The van der Waals surface area contributed by atoms with Crippen molar-refractivity contribution in [2.24, 2.45) is 0 Å². The summed E-state index contributed by atoms with van der Waals surface area (Å²) in [6.07, 6.45) is 2.22. The summed E-state index contributed by atoms with van der Waals surface area (Å²) in [5.41, 5.74) is 1.19. The highest BCUT2D eigenvalue weighted by molar-refractivity contribution is 5.92. The highest BCUT2D eigenvalue weighted by Crippen LogP contribution is 2.26. The van der Waals surface area contributed by atoms with E-state index < -0.39 is 0 Å². The molecule has 1 saturated heterocycles. The van der Waals surface area contributed by atoms with E-state index in [1.807, 2.05) is 0 Å². The molecule has 6 nitrogen and oxygen atoms in total. The van der Waals surface area contributed by atoms with Gasteiger partial charge in [0.2, 0.25) is 0 Å². The van der Waals surface area contributed by atoms with Gasteiger partial charge < -0.3 is 14.2 Å². The normalized spacial score (nSPS) is 24.4. The van der Waals surface area contributed by atoms with Crippen LogP contribution in [-0.4, -0.2) is 44.5 Å². The molecule has 0 radical (unpaired) electrons. The number of cyclic esters (lactones) is 1. The maximum Gasteiger partial charge on any atom is 0.414 e. The summed E-state index contributed by atoms with van der Waals surface area (Å²) in [4.78, 5) is 25.2. The van der Waals surface area contributed by atoms with E-state index in [1.165, 1.54) is 4.90 Å². The number of amides is 1. The fourth-order valence-corrected chi connectivity index (χ4v) is 2.91. The lowest BCUT2D eigenvalue weighted by Gasteiger charge is -2.19. The Morgan fingerprint density at radius 2 is 1.95 bits per heavy atom. The molecule has 22 heavy (non-hydrogen) atoms. The third-order valence-electron chi connectivity index (χ3n) is 4.13. The largest absolute Gasteiger partial charge is 0.456 e. The Morgan fingerprint density at radius 1 is 1.23 bits per heavy atom. The first-order chi connectivity index (χ1) is 10.7. The Bertz CT molecular complexity index is 556. The molecule has 118 valence electrons. The van der Waals surface area contributed by atoms with Crippen molar-refractivity contribution in [3.05, 3.63) is 29.8 Å². The van der Waals surface area contributed by atoms with Gasteiger partial charge in [-0.1, -0.05) is 0 Å². The molecule has 2 atom stereocenters. The van der Waals surface area contributed by atoms with Crippen molar-refractivity contribution in [2.45, 2.75) is 31.5 Å². The van der Waals surface area contributed by atoms with E-state index in [-0.39, 0.29) is 24.3 Å². The first-order valence-electron chi connectivity index (χ1n) is 7.47. The number of anilines is 1. The minimum atomic E-state index is -0.357. The number of carbonyl (C=O) groups is 2. The smallest absolute Gasteiger partial charge is 0.414 e. The molecule has 1 heterocycles. The van der Waals surface area contributed by atoms with Crippen molar-refractivity contribution < 1.29 is 23.8 Å². The average Bonchev–Trinajstić information content (AvgIpc) is 3.16.